The predicted octanol–water partition coefficient (Wildman–Crippen LogP) is 1.58. The second kappa shape index (κ2) is 5.61. The molecule has 0 aromatic heterocycles. The van der Waals surface area contributed by atoms with E-state index < -0.39 is 10.1 Å². The molecule has 2 aromatic rings. The highest BCUT2D eigenvalue weighted by atomic mass is 32.2. The van der Waals surface area contributed by atoms with Crippen molar-refractivity contribution in [2.75, 3.05) is 0 Å². The van der Waals surface area contributed by atoms with Gasteiger partial charge in [-0.05, 0) is 22.9 Å². The molecular weight excluding hydrogens is 254 g/mol. The summed E-state index contributed by atoms with van der Waals surface area (Å²) in [7, 11) is -4.09. The third-order valence-electron chi connectivity index (χ3n) is 2.02. The standard InChI is InChI=1S/C10H8O3S.C2H5NO/c11-14(12,13)10-6-5-8-3-1-2-4-9(8)7-10;1-2(3)4/h1-7H,(H,11,12,13);1H3,(H2,3,4). The zero-order chi connectivity index (χ0) is 13.8. The molecular formula is C12H13NO4S. The van der Waals surface area contributed by atoms with E-state index in [0.29, 0.717) is 0 Å². The molecule has 3 N–H and O–H groups in total. The Morgan fingerprint density at radius 2 is 1.61 bits per heavy atom. The number of carbonyl (C=O) groups excluding carboxylic acids is 1. The fourth-order valence-electron chi connectivity index (χ4n) is 1.33. The van der Waals surface area contributed by atoms with Crippen molar-refractivity contribution in [3.8, 4) is 0 Å². The van der Waals surface area contributed by atoms with Gasteiger partial charge in [0.05, 0.1) is 4.90 Å². The Hall–Kier alpha value is -1.92. The monoisotopic (exact) mass is 267 g/mol. The van der Waals surface area contributed by atoms with Crippen LogP contribution in [0, 0.1) is 0 Å². The molecule has 2 aromatic carbocycles. The van der Waals surface area contributed by atoms with E-state index in [4.69, 9.17) is 4.55 Å². The van der Waals surface area contributed by atoms with Crippen LogP contribution in [0.3, 0.4) is 0 Å². The number of hydrogen-bond acceptors (Lipinski definition) is 3. The molecule has 96 valence electrons. The molecule has 0 bridgehead atoms. The van der Waals surface area contributed by atoms with E-state index in [1.165, 1.54) is 19.1 Å². The van der Waals surface area contributed by atoms with Crippen LogP contribution in [-0.4, -0.2) is 18.9 Å². The quantitative estimate of drug-likeness (QED) is 0.766. The molecule has 0 radical (unpaired) electrons. The van der Waals surface area contributed by atoms with Crippen LogP contribution in [0.15, 0.2) is 47.4 Å². The molecule has 2 rings (SSSR count). The van der Waals surface area contributed by atoms with Gasteiger partial charge in [-0.2, -0.15) is 8.42 Å². The van der Waals surface area contributed by atoms with E-state index in [-0.39, 0.29) is 10.8 Å². The summed E-state index contributed by atoms with van der Waals surface area (Å²) in [6.07, 6.45) is 0. The molecule has 0 saturated heterocycles. The lowest BCUT2D eigenvalue weighted by atomic mass is 10.1. The number of nitrogens with two attached hydrogens (primary N) is 1. The van der Waals surface area contributed by atoms with Crippen LogP contribution in [0.5, 0.6) is 0 Å². The Labute approximate surface area is 105 Å². The molecule has 0 fully saturated rings. The molecule has 5 nitrogen and oxygen atoms in total. The zero-order valence-corrected chi connectivity index (χ0v) is 10.5. The summed E-state index contributed by atoms with van der Waals surface area (Å²) < 4.78 is 30.5. The van der Waals surface area contributed by atoms with Gasteiger partial charge in [-0.15, -0.1) is 0 Å². The van der Waals surface area contributed by atoms with Gasteiger partial charge >= 0.3 is 0 Å². The Kier molecular flexibility index (Phi) is 4.41. The van der Waals surface area contributed by atoms with Gasteiger partial charge in [0.2, 0.25) is 5.91 Å². The maximum Gasteiger partial charge on any atom is 0.294 e. The summed E-state index contributed by atoms with van der Waals surface area (Å²) in [5.41, 5.74) is 4.47. The maximum atomic E-state index is 10.8. The topological polar surface area (TPSA) is 97.5 Å². The van der Waals surface area contributed by atoms with Gasteiger partial charge in [0.1, 0.15) is 0 Å². The fourth-order valence-corrected chi connectivity index (χ4v) is 1.84. The zero-order valence-electron chi connectivity index (χ0n) is 9.70. The van der Waals surface area contributed by atoms with Crippen molar-refractivity contribution in [1.29, 1.82) is 0 Å². The first kappa shape index (κ1) is 14.1. The highest BCUT2D eigenvalue weighted by Crippen LogP contribution is 2.18. The highest BCUT2D eigenvalue weighted by Gasteiger charge is 2.08. The Bertz CT molecular complexity index is 661. The first-order chi connectivity index (χ1) is 8.30. The van der Waals surface area contributed by atoms with E-state index in [1.54, 1.807) is 12.1 Å². The summed E-state index contributed by atoms with van der Waals surface area (Å²) in [6, 6.07) is 11.9. The van der Waals surface area contributed by atoms with Crippen LogP contribution in [0.25, 0.3) is 10.8 Å². The summed E-state index contributed by atoms with van der Waals surface area (Å²) in [5, 5.41) is 1.74. The molecule has 0 aliphatic rings. The Morgan fingerprint density at radius 3 is 2.11 bits per heavy atom. The summed E-state index contributed by atoms with van der Waals surface area (Å²) in [4.78, 5) is 9.15. The van der Waals surface area contributed by atoms with E-state index >= 15 is 0 Å². The molecule has 0 atom stereocenters. The highest BCUT2D eigenvalue weighted by molar-refractivity contribution is 7.85. The number of fused-ring (bicyclic) bond motifs is 1. The average molecular weight is 267 g/mol. The van der Waals surface area contributed by atoms with Crippen molar-refractivity contribution in [2.45, 2.75) is 11.8 Å². The van der Waals surface area contributed by atoms with Crippen molar-refractivity contribution >= 4 is 26.8 Å². The molecule has 0 heterocycles. The fraction of sp³-hybridized carbons (Fsp3) is 0.0833. The minimum Gasteiger partial charge on any atom is -0.370 e. The SMILES string of the molecule is CC(N)=O.O=S(=O)(O)c1ccc2ccccc2c1. The number of benzene rings is 2. The Morgan fingerprint density at radius 1 is 1.11 bits per heavy atom. The lowest BCUT2D eigenvalue weighted by Gasteiger charge is -1.99. The first-order valence-corrected chi connectivity index (χ1v) is 6.47. The van der Waals surface area contributed by atoms with Gasteiger partial charge in [-0.3, -0.25) is 9.35 Å². The Balaban J connectivity index is 0.000000357. The minimum atomic E-state index is -4.09. The second-order valence-electron chi connectivity index (χ2n) is 3.59. The average Bonchev–Trinajstić information content (AvgIpc) is 2.26. The maximum absolute atomic E-state index is 10.8. The number of hydrogen-bond donors (Lipinski definition) is 2. The van der Waals surface area contributed by atoms with Crippen molar-refractivity contribution in [1.82, 2.24) is 0 Å². The van der Waals surface area contributed by atoms with E-state index in [2.05, 4.69) is 5.73 Å². The smallest absolute Gasteiger partial charge is 0.294 e. The predicted molar refractivity (Wildman–Crippen MR) is 68.6 cm³/mol. The number of amides is 1. The van der Waals surface area contributed by atoms with Crippen LogP contribution in [0.4, 0.5) is 0 Å². The molecule has 0 spiro atoms. The van der Waals surface area contributed by atoms with E-state index in [0.717, 1.165) is 10.8 Å². The number of rotatable bonds is 1. The minimum absolute atomic E-state index is 0.0730. The number of primary amides is 1. The molecule has 0 aliphatic heterocycles. The third kappa shape index (κ3) is 4.15. The van der Waals surface area contributed by atoms with Crippen LogP contribution in [0.2, 0.25) is 0 Å². The van der Waals surface area contributed by atoms with E-state index in [9.17, 15) is 13.2 Å². The molecule has 0 aliphatic carbocycles. The molecule has 0 unspecified atom stereocenters. The largest absolute Gasteiger partial charge is 0.370 e. The van der Waals surface area contributed by atoms with Crippen LogP contribution in [0.1, 0.15) is 6.92 Å². The lowest BCUT2D eigenvalue weighted by Crippen LogP contribution is -2.01. The van der Waals surface area contributed by atoms with Crippen molar-refractivity contribution in [3.63, 3.8) is 0 Å². The van der Waals surface area contributed by atoms with E-state index in [1.807, 2.05) is 18.2 Å². The van der Waals surface area contributed by atoms with Crippen molar-refractivity contribution < 1.29 is 17.8 Å². The summed E-state index contributed by atoms with van der Waals surface area (Å²) in [6.45, 7) is 1.31. The molecule has 0 saturated carbocycles. The van der Waals surface area contributed by atoms with Gasteiger partial charge in [0, 0.05) is 6.92 Å². The summed E-state index contributed by atoms with van der Waals surface area (Å²) >= 11 is 0. The van der Waals surface area contributed by atoms with Crippen molar-refractivity contribution in [2.24, 2.45) is 5.73 Å². The molecule has 18 heavy (non-hydrogen) atoms. The van der Waals surface area contributed by atoms with Crippen LogP contribution in [-0.2, 0) is 14.9 Å². The van der Waals surface area contributed by atoms with Gasteiger partial charge in [0.25, 0.3) is 10.1 Å². The lowest BCUT2D eigenvalue weighted by molar-refractivity contribution is -0.115. The molecule has 1 amide bonds. The third-order valence-corrected chi connectivity index (χ3v) is 2.87. The van der Waals surface area contributed by atoms with Gasteiger partial charge in [-0.25, -0.2) is 0 Å². The van der Waals surface area contributed by atoms with Gasteiger partial charge < -0.3 is 5.73 Å². The second-order valence-corrected chi connectivity index (χ2v) is 5.02. The summed E-state index contributed by atoms with van der Waals surface area (Å²) in [5.74, 6) is -0.333. The van der Waals surface area contributed by atoms with Crippen molar-refractivity contribution in [3.05, 3.63) is 42.5 Å². The van der Waals surface area contributed by atoms with Crippen LogP contribution < -0.4 is 5.73 Å². The van der Waals surface area contributed by atoms with Crippen LogP contribution >= 0.6 is 0 Å². The number of carbonyl (C=O) groups is 1. The normalized spacial score (nSPS) is 10.6. The van der Waals surface area contributed by atoms with Gasteiger partial charge in [-0.1, -0.05) is 30.3 Å². The molecule has 6 heteroatoms. The first-order valence-electron chi connectivity index (χ1n) is 5.03. The van der Waals surface area contributed by atoms with Gasteiger partial charge in [0.15, 0.2) is 0 Å².